The third-order valence-electron chi connectivity index (χ3n) is 3.28. The number of carbonyl (C=O) groups excluding carboxylic acids is 1. The minimum atomic E-state index is -0.370. The molecule has 0 spiro atoms. The number of aryl methyl sites for hydroxylation is 1. The van der Waals surface area contributed by atoms with Gasteiger partial charge in [-0.2, -0.15) is 0 Å². The van der Waals surface area contributed by atoms with Crippen LogP contribution in [0.5, 0.6) is 0 Å². The topological polar surface area (TPSA) is 44.2 Å². The monoisotopic (exact) mass is 312 g/mol. The highest BCUT2D eigenvalue weighted by Crippen LogP contribution is 2.35. The zero-order valence-electron chi connectivity index (χ0n) is 11.8. The largest absolute Gasteiger partial charge is 0.278 e. The summed E-state index contributed by atoms with van der Waals surface area (Å²) in [6.45, 7) is 2.00. The normalized spacial score (nSPS) is 16.6. The van der Waals surface area contributed by atoms with Crippen molar-refractivity contribution in [2.24, 2.45) is 0 Å². The van der Waals surface area contributed by atoms with Crippen LogP contribution in [0.1, 0.15) is 11.1 Å². The first-order valence-electron chi connectivity index (χ1n) is 6.69. The lowest BCUT2D eigenvalue weighted by Crippen LogP contribution is -2.28. The van der Waals surface area contributed by atoms with Crippen molar-refractivity contribution in [2.75, 3.05) is 4.90 Å². The molecule has 1 amide bonds. The van der Waals surface area contributed by atoms with Crippen molar-refractivity contribution >= 4 is 34.6 Å². The molecule has 1 saturated heterocycles. The van der Waals surface area contributed by atoms with Crippen LogP contribution < -0.4 is 4.90 Å². The van der Waals surface area contributed by atoms with E-state index in [4.69, 9.17) is 5.41 Å². The van der Waals surface area contributed by atoms with Crippen LogP contribution in [-0.4, -0.2) is 11.1 Å². The molecule has 3 rings (SSSR count). The summed E-state index contributed by atoms with van der Waals surface area (Å²) in [4.78, 5) is 14.2. The number of nitrogens with zero attached hydrogens (tertiary/aromatic N) is 1. The molecule has 5 heteroatoms. The Labute approximate surface area is 132 Å². The van der Waals surface area contributed by atoms with Gasteiger partial charge in [-0.1, -0.05) is 29.8 Å². The van der Waals surface area contributed by atoms with E-state index in [1.54, 1.807) is 6.08 Å². The number of carbonyl (C=O) groups is 1. The number of anilines is 1. The highest BCUT2D eigenvalue weighted by molar-refractivity contribution is 8.19. The number of halogens is 1. The number of rotatable bonds is 2. The van der Waals surface area contributed by atoms with E-state index in [-0.39, 0.29) is 16.9 Å². The minimum absolute atomic E-state index is 0.120. The third-order valence-corrected chi connectivity index (χ3v) is 4.17. The lowest BCUT2D eigenvalue weighted by molar-refractivity contribution is -0.113. The van der Waals surface area contributed by atoms with Crippen LogP contribution >= 0.6 is 11.8 Å². The van der Waals surface area contributed by atoms with Crippen LogP contribution in [0, 0.1) is 18.2 Å². The summed E-state index contributed by atoms with van der Waals surface area (Å²) >= 11 is 1.11. The molecule has 2 aromatic rings. The second kappa shape index (κ2) is 5.77. The molecule has 0 aliphatic carbocycles. The fourth-order valence-corrected chi connectivity index (χ4v) is 2.99. The maximum atomic E-state index is 13.0. The lowest BCUT2D eigenvalue weighted by atomic mass is 10.1. The molecule has 0 saturated carbocycles. The predicted octanol–water partition coefficient (Wildman–Crippen LogP) is 4.19. The van der Waals surface area contributed by atoms with Crippen LogP contribution in [0.15, 0.2) is 53.4 Å². The first-order chi connectivity index (χ1) is 10.5. The Kier molecular flexibility index (Phi) is 3.81. The van der Waals surface area contributed by atoms with Gasteiger partial charge in [0.05, 0.1) is 10.6 Å². The van der Waals surface area contributed by atoms with Gasteiger partial charge in [0.15, 0.2) is 5.17 Å². The molecule has 1 heterocycles. The van der Waals surface area contributed by atoms with Crippen molar-refractivity contribution < 1.29 is 9.18 Å². The summed E-state index contributed by atoms with van der Waals surface area (Å²) in [5, 5.41) is 8.11. The van der Waals surface area contributed by atoms with Gasteiger partial charge in [0.25, 0.3) is 5.91 Å². The zero-order valence-corrected chi connectivity index (χ0v) is 12.7. The van der Waals surface area contributed by atoms with Crippen LogP contribution in [0.2, 0.25) is 0 Å². The second-order valence-electron chi connectivity index (χ2n) is 4.94. The average Bonchev–Trinajstić information content (AvgIpc) is 2.77. The van der Waals surface area contributed by atoms with Gasteiger partial charge in [-0.05, 0) is 54.6 Å². The van der Waals surface area contributed by atoms with Crippen molar-refractivity contribution in [1.82, 2.24) is 0 Å². The highest BCUT2D eigenvalue weighted by atomic mass is 32.2. The number of amides is 1. The Bertz CT molecular complexity index is 766. The third kappa shape index (κ3) is 2.80. The smallest absolute Gasteiger partial charge is 0.271 e. The Balaban J connectivity index is 1.91. The maximum absolute atomic E-state index is 13.0. The Morgan fingerprint density at radius 1 is 1.09 bits per heavy atom. The van der Waals surface area contributed by atoms with Crippen molar-refractivity contribution in [1.29, 1.82) is 5.41 Å². The van der Waals surface area contributed by atoms with E-state index < -0.39 is 0 Å². The number of benzene rings is 2. The zero-order chi connectivity index (χ0) is 15.7. The summed E-state index contributed by atoms with van der Waals surface area (Å²) < 4.78 is 13.0. The van der Waals surface area contributed by atoms with E-state index in [2.05, 4.69) is 0 Å². The molecule has 0 bridgehead atoms. The number of hydrogen-bond acceptors (Lipinski definition) is 3. The Hall–Kier alpha value is -2.40. The molecule has 1 aliphatic rings. The fraction of sp³-hybridized carbons (Fsp3) is 0.0588. The van der Waals surface area contributed by atoms with E-state index in [1.807, 2.05) is 31.2 Å². The van der Waals surface area contributed by atoms with E-state index in [1.165, 1.54) is 29.2 Å². The molecule has 0 aromatic heterocycles. The molecule has 110 valence electrons. The van der Waals surface area contributed by atoms with E-state index >= 15 is 0 Å². The first kappa shape index (κ1) is 14.5. The van der Waals surface area contributed by atoms with Crippen molar-refractivity contribution in [2.45, 2.75) is 6.92 Å². The number of amidine groups is 1. The standard InChI is InChI=1S/C17H13FN2OS/c1-11-2-4-12(5-3-11)10-15-16(21)20(17(19)22-15)14-8-6-13(18)7-9-14/h2-10,19H,1H3/b15-10-,19-17?. The molecule has 0 radical (unpaired) electrons. The maximum Gasteiger partial charge on any atom is 0.271 e. The highest BCUT2D eigenvalue weighted by Gasteiger charge is 2.33. The van der Waals surface area contributed by atoms with E-state index in [0.29, 0.717) is 10.6 Å². The van der Waals surface area contributed by atoms with Gasteiger partial charge in [0.2, 0.25) is 0 Å². The van der Waals surface area contributed by atoms with E-state index in [9.17, 15) is 9.18 Å². The molecule has 22 heavy (non-hydrogen) atoms. The quantitative estimate of drug-likeness (QED) is 0.845. The van der Waals surface area contributed by atoms with Crippen LogP contribution in [0.4, 0.5) is 10.1 Å². The van der Waals surface area contributed by atoms with Crippen molar-refractivity contribution in [3.05, 3.63) is 70.4 Å². The van der Waals surface area contributed by atoms with E-state index in [0.717, 1.165) is 22.9 Å². The lowest BCUT2D eigenvalue weighted by Gasteiger charge is -2.13. The minimum Gasteiger partial charge on any atom is -0.278 e. The van der Waals surface area contributed by atoms with Crippen LogP contribution in [0.25, 0.3) is 6.08 Å². The first-order valence-corrected chi connectivity index (χ1v) is 7.51. The molecule has 0 atom stereocenters. The average molecular weight is 312 g/mol. The van der Waals surface area contributed by atoms with Gasteiger partial charge in [-0.3, -0.25) is 15.1 Å². The SMILES string of the molecule is Cc1ccc(/C=C2\SC(=N)N(c3ccc(F)cc3)C2=O)cc1. The Morgan fingerprint density at radius 2 is 1.73 bits per heavy atom. The van der Waals surface area contributed by atoms with Crippen LogP contribution in [-0.2, 0) is 4.79 Å². The molecule has 1 fully saturated rings. The second-order valence-corrected chi connectivity index (χ2v) is 5.97. The summed E-state index contributed by atoms with van der Waals surface area (Å²) in [6, 6.07) is 13.4. The molecule has 3 nitrogen and oxygen atoms in total. The molecule has 2 aromatic carbocycles. The van der Waals surface area contributed by atoms with Crippen molar-refractivity contribution in [3.63, 3.8) is 0 Å². The van der Waals surface area contributed by atoms with Crippen LogP contribution in [0.3, 0.4) is 0 Å². The van der Waals surface area contributed by atoms with Gasteiger partial charge in [0, 0.05) is 0 Å². The summed E-state index contributed by atoms with van der Waals surface area (Å²) in [7, 11) is 0. The van der Waals surface area contributed by atoms with Gasteiger partial charge in [-0.25, -0.2) is 4.39 Å². The number of thioether (sulfide) groups is 1. The van der Waals surface area contributed by atoms with Gasteiger partial charge >= 0.3 is 0 Å². The summed E-state index contributed by atoms with van der Waals surface area (Å²) in [5.74, 6) is -0.632. The molecule has 0 unspecified atom stereocenters. The molecular formula is C17H13FN2OS. The number of nitrogens with one attached hydrogen (secondary N) is 1. The summed E-state index contributed by atoms with van der Waals surface area (Å²) in [6.07, 6.45) is 1.77. The molecule has 1 aliphatic heterocycles. The van der Waals surface area contributed by atoms with Gasteiger partial charge in [0.1, 0.15) is 5.82 Å². The molecular weight excluding hydrogens is 299 g/mol. The van der Waals surface area contributed by atoms with Gasteiger partial charge < -0.3 is 0 Å². The fourth-order valence-electron chi connectivity index (χ4n) is 2.13. The molecule has 1 N–H and O–H groups in total. The summed E-state index contributed by atoms with van der Waals surface area (Å²) in [5.41, 5.74) is 2.56. The van der Waals surface area contributed by atoms with Gasteiger partial charge in [-0.15, -0.1) is 0 Å². The number of hydrogen-bond donors (Lipinski definition) is 1. The predicted molar refractivity (Wildman–Crippen MR) is 88.4 cm³/mol. The Morgan fingerprint density at radius 3 is 2.36 bits per heavy atom. The van der Waals surface area contributed by atoms with Crippen molar-refractivity contribution in [3.8, 4) is 0 Å².